The molecule has 192 valence electrons. The van der Waals surface area contributed by atoms with E-state index in [0.717, 1.165) is 24.7 Å². The molecule has 0 radical (unpaired) electrons. The summed E-state index contributed by atoms with van der Waals surface area (Å²) in [4.78, 5) is 15.0. The molecule has 0 aliphatic carbocycles. The molecule has 2 heterocycles. The first-order valence-corrected chi connectivity index (χ1v) is 15.2. The third-order valence-electron chi connectivity index (χ3n) is 7.05. The number of anilines is 1. The van der Waals surface area contributed by atoms with Gasteiger partial charge in [-0.25, -0.2) is 21.1 Å². The second-order valence-corrected chi connectivity index (χ2v) is 13.5. The van der Waals surface area contributed by atoms with Crippen molar-refractivity contribution in [3.8, 4) is 6.07 Å². The molecule has 1 amide bonds. The molecule has 2 aromatic rings. The summed E-state index contributed by atoms with van der Waals surface area (Å²) in [6, 6.07) is 14.7. The highest BCUT2D eigenvalue weighted by molar-refractivity contribution is 7.93. The minimum absolute atomic E-state index is 0.0833. The summed E-state index contributed by atoms with van der Waals surface area (Å²) in [5, 5.41) is 8.13. The van der Waals surface area contributed by atoms with Crippen LogP contribution in [0.1, 0.15) is 52.2 Å². The predicted octanol–water partition coefficient (Wildman–Crippen LogP) is 2.66. The summed E-state index contributed by atoms with van der Waals surface area (Å²) in [7, 11) is -7.29. The van der Waals surface area contributed by atoms with Gasteiger partial charge in [0, 0.05) is 31.7 Å². The van der Waals surface area contributed by atoms with E-state index in [-0.39, 0.29) is 25.4 Å². The summed E-state index contributed by atoms with van der Waals surface area (Å²) < 4.78 is 53.3. The molecule has 2 fully saturated rings. The van der Waals surface area contributed by atoms with Gasteiger partial charge in [0.1, 0.15) is 0 Å². The van der Waals surface area contributed by atoms with Crippen LogP contribution < -0.4 is 4.72 Å². The van der Waals surface area contributed by atoms with Gasteiger partial charge in [-0.2, -0.15) is 5.26 Å². The van der Waals surface area contributed by atoms with E-state index in [9.17, 15) is 21.6 Å². The molecular weight excluding hydrogens is 500 g/mol. The van der Waals surface area contributed by atoms with E-state index >= 15 is 0 Å². The Bertz CT molecular complexity index is 1390. The van der Waals surface area contributed by atoms with Gasteiger partial charge in [0.15, 0.2) is 0 Å². The lowest BCUT2D eigenvalue weighted by Gasteiger charge is -2.32. The predicted molar refractivity (Wildman–Crippen MR) is 138 cm³/mol. The van der Waals surface area contributed by atoms with Crippen molar-refractivity contribution < 1.29 is 21.6 Å². The van der Waals surface area contributed by atoms with Crippen LogP contribution in [0.5, 0.6) is 0 Å². The quantitative estimate of drug-likeness (QED) is 0.612. The molecule has 0 spiro atoms. The van der Waals surface area contributed by atoms with Gasteiger partial charge in [-0.15, -0.1) is 0 Å². The van der Waals surface area contributed by atoms with Crippen LogP contribution in [0.25, 0.3) is 0 Å². The van der Waals surface area contributed by atoms with Crippen LogP contribution in [-0.2, 0) is 20.0 Å². The van der Waals surface area contributed by atoms with E-state index in [0.29, 0.717) is 41.4 Å². The van der Waals surface area contributed by atoms with Crippen molar-refractivity contribution in [1.29, 1.82) is 5.26 Å². The lowest BCUT2D eigenvalue weighted by Crippen LogP contribution is -2.38. The highest BCUT2D eigenvalue weighted by Crippen LogP contribution is 2.30. The molecule has 9 nitrogen and oxygen atoms in total. The zero-order valence-corrected chi connectivity index (χ0v) is 22.0. The minimum atomic E-state index is -3.84. The second kappa shape index (κ2) is 10.2. The SMILES string of the molecule is Cc1ccc(C(=O)N2CCC(c3ccc(C#N)cc3)CC2)cc1NS(=O)(=O)C1CCN(S(C)(=O)=O)C1. The van der Waals surface area contributed by atoms with Crippen LogP contribution >= 0.6 is 0 Å². The summed E-state index contributed by atoms with van der Waals surface area (Å²) in [6.07, 6.45) is 2.90. The first-order chi connectivity index (χ1) is 17.0. The van der Waals surface area contributed by atoms with Gasteiger partial charge >= 0.3 is 0 Å². The van der Waals surface area contributed by atoms with Gasteiger partial charge in [-0.3, -0.25) is 9.52 Å². The van der Waals surface area contributed by atoms with Crippen LogP contribution in [0.4, 0.5) is 5.69 Å². The van der Waals surface area contributed by atoms with Gasteiger partial charge in [0.2, 0.25) is 20.0 Å². The number of hydrogen-bond donors (Lipinski definition) is 1. The third-order valence-corrected chi connectivity index (χ3v) is 10.1. The summed E-state index contributed by atoms with van der Waals surface area (Å²) in [5.74, 6) is 0.165. The Balaban J connectivity index is 1.42. The van der Waals surface area contributed by atoms with E-state index in [2.05, 4.69) is 10.8 Å². The monoisotopic (exact) mass is 530 g/mol. The molecule has 4 rings (SSSR count). The number of hydrogen-bond acceptors (Lipinski definition) is 6. The zero-order chi connectivity index (χ0) is 26.1. The number of nitrogens with zero attached hydrogens (tertiary/aromatic N) is 3. The third kappa shape index (κ3) is 5.72. The van der Waals surface area contributed by atoms with E-state index in [4.69, 9.17) is 5.26 Å². The van der Waals surface area contributed by atoms with E-state index < -0.39 is 25.3 Å². The van der Waals surface area contributed by atoms with E-state index in [1.165, 1.54) is 4.31 Å². The maximum absolute atomic E-state index is 13.2. The van der Waals surface area contributed by atoms with E-state index in [1.54, 1.807) is 30.0 Å². The molecule has 2 aliphatic heterocycles. The Hall–Kier alpha value is -2.94. The fraction of sp³-hybridized carbons (Fsp3) is 0.440. The molecule has 1 N–H and O–H groups in total. The number of carbonyl (C=O) groups is 1. The molecule has 2 aliphatic rings. The first-order valence-electron chi connectivity index (χ1n) is 11.8. The number of amides is 1. The van der Waals surface area contributed by atoms with E-state index in [1.807, 2.05) is 24.3 Å². The molecule has 11 heteroatoms. The highest BCUT2D eigenvalue weighted by Gasteiger charge is 2.37. The molecule has 0 bridgehead atoms. The van der Waals surface area contributed by atoms with Crippen molar-refractivity contribution >= 4 is 31.6 Å². The number of carbonyl (C=O) groups excluding carboxylic acids is 1. The van der Waals surface area contributed by atoms with Crippen LogP contribution in [0.2, 0.25) is 0 Å². The fourth-order valence-corrected chi connectivity index (χ4v) is 7.25. The van der Waals surface area contributed by atoms with Crippen LogP contribution in [-0.4, -0.2) is 69.6 Å². The molecule has 2 aromatic carbocycles. The molecular formula is C25H30N4O5S2. The minimum Gasteiger partial charge on any atom is -0.339 e. The average molecular weight is 531 g/mol. The number of nitriles is 1. The number of aryl methyl sites for hydroxylation is 1. The Kier molecular flexibility index (Phi) is 7.41. The van der Waals surface area contributed by atoms with Gasteiger partial charge in [-0.05, 0) is 67.5 Å². The molecule has 36 heavy (non-hydrogen) atoms. The van der Waals surface area contributed by atoms with Gasteiger partial charge in [0.05, 0.1) is 28.8 Å². The van der Waals surface area contributed by atoms with Crippen LogP contribution in [0.15, 0.2) is 42.5 Å². The second-order valence-electron chi connectivity index (χ2n) is 9.51. The first kappa shape index (κ1) is 26.1. The Morgan fingerprint density at radius 2 is 1.67 bits per heavy atom. The Morgan fingerprint density at radius 1 is 1.00 bits per heavy atom. The van der Waals surface area contributed by atoms with Crippen molar-refractivity contribution in [1.82, 2.24) is 9.21 Å². The van der Waals surface area contributed by atoms with Gasteiger partial charge in [-0.1, -0.05) is 18.2 Å². The maximum atomic E-state index is 13.2. The lowest BCUT2D eigenvalue weighted by atomic mass is 9.89. The molecule has 1 unspecified atom stereocenters. The zero-order valence-electron chi connectivity index (χ0n) is 20.3. The van der Waals surface area contributed by atoms with Crippen molar-refractivity contribution in [2.24, 2.45) is 0 Å². The maximum Gasteiger partial charge on any atom is 0.253 e. The number of piperidine rings is 1. The normalized spacial score (nSPS) is 19.7. The standard InChI is InChI=1S/C25H30N4O5S2/c1-18-3-6-22(15-24(18)27-36(33,34)23-11-14-29(17-23)35(2,31)32)25(30)28-12-9-21(10-13-28)20-7-4-19(16-26)5-8-20/h3-8,15,21,23,27H,9-14,17H2,1-2H3. The fourth-order valence-electron chi connectivity index (χ4n) is 4.78. The number of nitrogens with one attached hydrogen (secondary N) is 1. The Labute approximate surface area is 212 Å². The van der Waals surface area contributed by atoms with Crippen molar-refractivity contribution in [3.05, 3.63) is 64.7 Å². The van der Waals surface area contributed by atoms with Crippen molar-refractivity contribution in [2.75, 3.05) is 37.2 Å². The number of rotatable bonds is 6. The number of benzene rings is 2. The summed E-state index contributed by atoms with van der Waals surface area (Å²) in [6.45, 7) is 3.01. The van der Waals surface area contributed by atoms with Crippen LogP contribution in [0, 0.1) is 18.3 Å². The molecule has 0 saturated carbocycles. The summed E-state index contributed by atoms with van der Waals surface area (Å²) >= 11 is 0. The topological polar surface area (TPSA) is 128 Å². The smallest absolute Gasteiger partial charge is 0.253 e. The average Bonchev–Trinajstić information content (AvgIpc) is 3.37. The van der Waals surface area contributed by atoms with Crippen molar-refractivity contribution in [3.63, 3.8) is 0 Å². The molecule has 2 saturated heterocycles. The lowest BCUT2D eigenvalue weighted by molar-refractivity contribution is 0.0713. The summed E-state index contributed by atoms with van der Waals surface area (Å²) in [5.41, 5.74) is 3.19. The number of likely N-dealkylation sites (tertiary alicyclic amines) is 1. The molecule has 1 atom stereocenters. The van der Waals surface area contributed by atoms with Gasteiger partial charge in [0.25, 0.3) is 5.91 Å². The Morgan fingerprint density at radius 3 is 2.25 bits per heavy atom. The largest absolute Gasteiger partial charge is 0.339 e. The van der Waals surface area contributed by atoms with Crippen LogP contribution in [0.3, 0.4) is 0 Å². The van der Waals surface area contributed by atoms with Crippen molar-refractivity contribution in [2.45, 2.75) is 37.4 Å². The number of sulfonamides is 2. The molecule has 0 aromatic heterocycles. The van der Waals surface area contributed by atoms with Gasteiger partial charge < -0.3 is 4.90 Å². The highest BCUT2D eigenvalue weighted by atomic mass is 32.2.